The van der Waals surface area contributed by atoms with Crippen LogP contribution in [0.3, 0.4) is 0 Å². The molecule has 0 bridgehead atoms. The average molecular weight is 1180 g/mol. The molecule has 6 rings (SSSR count). The van der Waals surface area contributed by atoms with Gasteiger partial charge in [0, 0.05) is 84.5 Å². The third-order valence-corrected chi connectivity index (χ3v) is 14.9. The number of nitrogens with one attached hydrogen (secondary N) is 3. The van der Waals surface area contributed by atoms with E-state index in [4.69, 9.17) is 18.6 Å². The lowest BCUT2D eigenvalue weighted by atomic mass is 9.75. The van der Waals surface area contributed by atoms with Crippen LogP contribution in [0, 0.1) is 17.6 Å². The molecule has 14 N–H and O–H groups in total. The Morgan fingerprint density at radius 2 is 1.52 bits per heavy atom. The fourth-order valence-electron chi connectivity index (χ4n) is 10.2. The van der Waals surface area contributed by atoms with E-state index in [1.807, 2.05) is 0 Å². The molecule has 29 heteroatoms. The largest absolute Gasteiger partial charge is 0.505 e. The van der Waals surface area contributed by atoms with Crippen LogP contribution in [-0.4, -0.2) is 203 Å². The topological polar surface area (TPSA) is 436 Å². The van der Waals surface area contributed by atoms with Gasteiger partial charge in [-0.2, -0.15) is 11.8 Å². The van der Waals surface area contributed by atoms with E-state index in [0.717, 1.165) is 36.4 Å². The van der Waals surface area contributed by atoms with Crippen LogP contribution in [0.4, 0.5) is 8.78 Å². The number of fused-ring (bicyclic) bond motifs is 2. The van der Waals surface area contributed by atoms with Gasteiger partial charge in [-0.3, -0.25) is 28.8 Å². The van der Waals surface area contributed by atoms with E-state index in [2.05, 4.69) is 16.0 Å². The molecule has 0 aromatic heterocycles. The number of rotatable bonds is 28. The van der Waals surface area contributed by atoms with Gasteiger partial charge in [-0.05, 0) is 55.0 Å². The molecule has 2 unspecified atom stereocenters. The summed E-state index contributed by atoms with van der Waals surface area (Å²) in [6.07, 6.45) is -17.7. The first-order valence-corrected chi connectivity index (χ1v) is 27.0. The molecular formula is C53H63F2N3O23S. The van der Waals surface area contributed by atoms with Gasteiger partial charge < -0.3 is 90.7 Å². The second-order valence-electron chi connectivity index (χ2n) is 20.0. The average Bonchev–Trinajstić information content (AvgIpc) is 1.50. The first-order valence-electron chi connectivity index (χ1n) is 25.6. The number of ketones is 1. The molecule has 4 aliphatic rings. The number of aliphatic hydroxyl groups is 8. The number of aromatic carboxylic acids is 1. The summed E-state index contributed by atoms with van der Waals surface area (Å²) >= 11 is 1.36. The summed E-state index contributed by atoms with van der Waals surface area (Å²) in [6, 6.07) is 4.97. The van der Waals surface area contributed by atoms with Gasteiger partial charge in [0.15, 0.2) is 23.0 Å². The van der Waals surface area contributed by atoms with Crippen molar-refractivity contribution in [3.05, 3.63) is 75.4 Å². The van der Waals surface area contributed by atoms with Gasteiger partial charge in [0.2, 0.25) is 23.0 Å². The molecule has 3 heterocycles. The highest BCUT2D eigenvalue weighted by molar-refractivity contribution is 7.98. The number of carboxylic acids is 2. The van der Waals surface area contributed by atoms with Crippen molar-refractivity contribution in [2.45, 2.75) is 124 Å². The normalized spacial score (nSPS) is 24.2. The number of halogens is 2. The summed E-state index contributed by atoms with van der Waals surface area (Å²) in [5, 5.41) is 124. The number of thioether (sulfide) groups is 1. The van der Waals surface area contributed by atoms with Gasteiger partial charge in [0.25, 0.3) is 12.4 Å². The van der Waals surface area contributed by atoms with Crippen LogP contribution in [0.25, 0.3) is 33.4 Å². The molecule has 2 fully saturated rings. The third-order valence-electron chi connectivity index (χ3n) is 14.3. The number of carbonyl (C=O) groups excluding carboxylic acids is 5. The van der Waals surface area contributed by atoms with Crippen LogP contribution in [0.15, 0.2) is 51.7 Å². The Kier molecular flexibility index (Phi) is 22.0. The number of phenols is 1. The summed E-state index contributed by atoms with van der Waals surface area (Å²) in [4.78, 5) is 102. The lowest BCUT2D eigenvalue weighted by molar-refractivity contribution is -0.334. The van der Waals surface area contributed by atoms with E-state index in [1.165, 1.54) is 17.8 Å². The number of aliphatic hydroxyl groups excluding tert-OH is 8. The molecule has 3 aliphatic heterocycles. The fourth-order valence-corrected chi connectivity index (χ4v) is 10.6. The van der Waals surface area contributed by atoms with Crippen LogP contribution in [0.1, 0.15) is 78.5 Å². The Bertz CT molecular complexity index is 3020. The minimum Gasteiger partial charge on any atom is -0.505 e. The minimum atomic E-state index is -2.83. The van der Waals surface area contributed by atoms with Crippen molar-refractivity contribution in [3.63, 3.8) is 0 Å². The SMILES string of the molecule is CSCCC(=O)NCC(=O)N[C@@H]1C(O)C[C@](C[C@]2(OC=O)C[C@H](O)[C@@H](CC(=O)CCCCCNC(=O)c3ccc(C(=O)O)c(-c4c5cc(F)c(=O)cc-5oc5cc(O)c(F)cc45)c3)[C@H]([C@H](O)[C@H](O)CO)O2)(C(=O)O)O[C@H]1C(O)[C@H](O)CO. The number of Topliss-reactive ketones (excluding diaryl/α,β-unsaturated/α-hetero) is 1. The Morgan fingerprint density at radius 3 is 2.17 bits per heavy atom. The van der Waals surface area contributed by atoms with Crippen molar-refractivity contribution in [2.75, 3.05) is 38.3 Å². The van der Waals surface area contributed by atoms with E-state index in [-0.39, 0.29) is 84.1 Å². The molecule has 1 aliphatic carbocycles. The standard InChI is InChI=1S/C53H63F2N3O23S/c1-82-10-8-41(69)57-19-42(70)58-44-36(66)17-52(51(76)77,80-48(44)46(72)38(68)21-60)22-53(78-23-61)18-35(65)28(47(81-53)45(71)37(67)20-59)12-25(62)5-3-2-4-9-56-49(73)24-6-7-26(50(74)75)27(11-24)43-29-13-31(54)33(63)15-39(29)79-40-16-34(64)32(55)14-30(40)43/h6-7,11,13-16,23,28,35-38,44-48,59-60,63,65-68,71-72H,2-5,8-10,12,17-22H2,1H3,(H,56,73)(H,57,69)(H,58,70)(H,74,75)(H,76,77)/t28-,35+,36?,37-,38-,44-,45-,46?,47-,48-,52+,53+/m1/s1. The van der Waals surface area contributed by atoms with Crippen molar-refractivity contribution < 1.29 is 117 Å². The smallest absolute Gasteiger partial charge is 0.336 e. The third kappa shape index (κ3) is 14.9. The number of ether oxygens (including phenoxy) is 3. The number of amides is 3. The molecule has 0 radical (unpaired) electrons. The Labute approximate surface area is 468 Å². The molecule has 2 aromatic rings. The number of carboxylic acid groups (broad SMARTS) is 2. The van der Waals surface area contributed by atoms with E-state index in [0.29, 0.717) is 5.75 Å². The lowest BCUT2D eigenvalue weighted by Gasteiger charge is -2.52. The number of hydrogen-bond acceptors (Lipinski definition) is 22. The zero-order valence-corrected chi connectivity index (χ0v) is 44.6. The van der Waals surface area contributed by atoms with Gasteiger partial charge in [-0.25, -0.2) is 18.4 Å². The summed E-state index contributed by atoms with van der Waals surface area (Å²) in [5.74, 6) is -13.3. The Morgan fingerprint density at radius 1 is 0.829 bits per heavy atom. The van der Waals surface area contributed by atoms with Crippen molar-refractivity contribution >= 4 is 64.6 Å². The summed E-state index contributed by atoms with van der Waals surface area (Å²) in [7, 11) is 0. The number of hydrogen-bond donors (Lipinski definition) is 14. The lowest BCUT2D eigenvalue weighted by Crippen LogP contribution is -2.70. The highest BCUT2D eigenvalue weighted by Gasteiger charge is 2.62. The quantitative estimate of drug-likeness (QED) is 0.0189. The summed E-state index contributed by atoms with van der Waals surface area (Å²) < 4.78 is 52.4. The molecule has 448 valence electrons. The number of aromatic hydroxyl groups is 1. The molecule has 0 spiro atoms. The maximum absolute atomic E-state index is 14.8. The number of carbonyl (C=O) groups is 7. The molecule has 3 amide bonds. The van der Waals surface area contributed by atoms with Crippen LogP contribution in [0.2, 0.25) is 0 Å². The highest BCUT2D eigenvalue weighted by atomic mass is 32.2. The molecule has 2 aromatic carbocycles. The zero-order valence-electron chi connectivity index (χ0n) is 43.8. The molecule has 12 atom stereocenters. The summed E-state index contributed by atoms with van der Waals surface area (Å²) in [6.45, 7) is -3.12. The van der Waals surface area contributed by atoms with Gasteiger partial charge in [0.05, 0.1) is 56.1 Å². The molecule has 0 saturated carbocycles. The zero-order chi connectivity index (χ0) is 60.4. The van der Waals surface area contributed by atoms with Crippen LogP contribution in [0.5, 0.6) is 5.75 Å². The van der Waals surface area contributed by atoms with Crippen molar-refractivity contribution in [1.82, 2.24) is 16.0 Å². The van der Waals surface area contributed by atoms with Crippen molar-refractivity contribution in [2.24, 2.45) is 5.92 Å². The first-order chi connectivity index (χ1) is 38.8. The van der Waals surface area contributed by atoms with Gasteiger partial charge in [-0.1, -0.05) is 6.42 Å². The van der Waals surface area contributed by atoms with Crippen LogP contribution >= 0.6 is 11.8 Å². The van der Waals surface area contributed by atoms with E-state index < -0.39 is 181 Å². The second-order valence-corrected chi connectivity index (χ2v) is 21.0. The maximum atomic E-state index is 14.8. The van der Waals surface area contributed by atoms with Crippen molar-refractivity contribution in [1.29, 1.82) is 0 Å². The molecule has 2 saturated heterocycles. The predicted molar refractivity (Wildman–Crippen MR) is 279 cm³/mol. The molecule has 26 nitrogen and oxygen atoms in total. The molecule has 82 heavy (non-hydrogen) atoms. The van der Waals surface area contributed by atoms with Gasteiger partial charge in [-0.15, -0.1) is 0 Å². The predicted octanol–water partition coefficient (Wildman–Crippen LogP) is -0.723. The molecular weight excluding hydrogens is 1120 g/mol. The minimum absolute atomic E-state index is 0.00372. The van der Waals surface area contributed by atoms with Crippen LogP contribution < -0.4 is 21.4 Å². The maximum Gasteiger partial charge on any atom is 0.336 e. The van der Waals surface area contributed by atoms with Crippen molar-refractivity contribution in [3.8, 4) is 28.2 Å². The monoisotopic (exact) mass is 1180 g/mol. The Hall–Kier alpha value is -6.77. The number of phenolic OH excluding ortho intramolecular Hbond substituents is 1. The van der Waals surface area contributed by atoms with Gasteiger partial charge >= 0.3 is 11.9 Å². The summed E-state index contributed by atoms with van der Waals surface area (Å²) in [5.41, 5.74) is -5.11. The first kappa shape index (κ1) is 64.4. The highest BCUT2D eigenvalue weighted by Crippen LogP contribution is 2.47. The Balaban J connectivity index is 1.13. The second kappa shape index (κ2) is 28.0. The number of aliphatic carboxylic acids is 1. The van der Waals surface area contributed by atoms with Crippen LogP contribution in [-0.2, 0) is 38.2 Å². The van der Waals surface area contributed by atoms with Gasteiger partial charge in [0.1, 0.15) is 47.6 Å². The fraction of sp³-hybridized carbons (Fsp3) is 0.509. The number of benzene rings is 3. The van der Waals surface area contributed by atoms with E-state index in [1.54, 1.807) is 6.26 Å². The number of unbranched alkanes of at least 4 members (excludes halogenated alkanes) is 2. The van der Waals surface area contributed by atoms with E-state index in [9.17, 15) is 103 Å². The van der Waals surface area contributed by atoms with E-state index >= 15 is 0 Å².